The van der Waals surface area contributed by atoms with E-state index in [4.69, 9.17) is 0 Å². The van der Waals surface area contributed by atoms with E-state index >= 15 is 0 Å². The lowest BCUT2D eigenvalue weighted by Gasteiger charge is -2.13. The molecule has 3 heteroatoms. The van der Waals surface area contributed by atoms with E-state index in [1.807, 2.05) is 20.8 Å². The zero-order valence-corrected chi connectivity index (χ0v) is 6.83. The van der Waals surface area contributed by atoms with Crippen LogP contribution in [0.1, 0.15) is 20.8 Å². The van der Waals surface area contributed by atoms with E-state index in [-0.39, 0.29) is 4.75 Å². The summed E-state index contributed by atoms with van der Waals surface area (Å²) in [7, 11) is 0. The Hall–Kier alpha value is 0.370. The zero-order chi connectivity index (χ0) is 6.78. The Morgan fingerprint density at radius 3 is 1.88 bits per heavy atom. The van der Waals surface area contributed by atoms with Crippen molar-refractivity contribution in [1.29, 1.82) is 0 Å². The van der Waals surface area contributed by atoms with Crippen LogP contribution in [0.15, 0.2) is 0 Å². The van der Waals surface area contributed by atoms with Crippen molar-refractivity contribution in [3.63, 3.8) is 0 Å². The van der Waals surface area contributed by atoms with Gasteiger partial charge in [-0.2, -0.15) is 4.39 Å². The molecule has 0 heterocycles. The van der Waals surface area contributed by atoms with E-state index in [0.29, 0.717) is 0 Å². The Morgan fingerprint density at radius 1 is 1.50 bits per heavy atom. The molecule has 0 aromatic carbocycles. The number of halogens is 1. The van der Waals surface area contributed by atoms with Crippen molar-refractivity contribution in [3.8, 4) is 0 Å². The lowest BCUT2D eigenvalue weighted by Crippen LogP contribution is -2.08. The summed E-state index contributed by atoms with van der Waals surface area (Å²) in [5.41, 5.74) is 0. The lowest BCUT2D eigenvalue weighted by molar-refractivity contribution is 0.799. The minimum absolute atomic E-state index is 0.0775. The van der Waals surface area contributed by atoms with Gasteiger partial charge < -0.3 is 0 Å². The topological polar surface area (TPSA) is 0 Å². The van der Waals surface area contributed by atoms with Crippen molar-refractivity contribution in [3.05, 3.63) is 0 Å². The van der Waals surface area contributed by atoms with Gasteiger partial charge in [-0.3, -0.25) is 0 Å². The minimum Gasteiger partial charge on any atom is -0.186 e. The van der Waals surface area contributed by atoms with Gasteiger partial charge in [-0.25, -0.2) is 0 Å². The SMILES string of the molecule is CC(C)(C)SC(F)=S. The average molecular weight is 152 g/mol. The highest BCUT2D eigenvalue weighted by atomic mass is 32.2. The molecular weight excluding hydrogens is 143 g/mol. The van der Waals surface area contributed by atoms with Crippen molar-refractivity contribution < 1.29 is 4.39 Å². The zero-order valence-electron chi connectivity index (χ0n) is 5.19. The first-order chi connectivity index (χ1) is 3.42. The molecule has 0 spiro atoms. The summed E-state index contributed by atoms with van der Waals surface area (Å²) in [6.45, 7) is 5.76. The first-order valence-electron chi connectivity index (χ1n) is 2.30. The molecule has 0 aliphatic heterocycles. The highest BCUT2D eigenvalue weighted by molar-refractivity contribution is 8.23. The van der Waals surface area contributed by atoms with Gasteiger partial charge in [0.1, 0.15) is 0 Å². The summed E-state index contributed by atoms with van der Waals surface area (Å²) in [4.78, 5) is 0. The molecule has 0 radical (unpaired) electrons. The summed E-state index contributed by atoms with van der Waals surface area (Å²) in [6, 6.07) is 0. The highest BCUT2D eigenvalue weighted by Crippen LogP contribution is 2.24. The monoisotopic (exact) mass is 152 g/mol. The third-order valence-corrected chi connectivity index (χ3v) is 1.41. The Morgan fingerprint density at radius 2 is 1.88 bits per heavy atom. The van der Waals surface area contributed by atoms with Gasteiger partial charge in [-0.1, -0.05) is 32.5 Å². The molecule has 0 saturated heterocycles. The predicted octanol–water partition coefficient (Wildman–Crippen LogP) is 2.77. The van der Waals surface area contributed by atoms with Crippen molar-refractivity contribution >= 4 is 28.4 Å². The number of thioether (sulfide) groups is 1. The standard InChI is InChI=1S/C5H9FS2/c1-5(2,3)8-4(6)7/h1-3H3. The summed E-state index contributed by atoms with van der Waals surface area (Å²) in [5, 5.41) is 0. The van der Waals surface area contributed by atoms with Crippen LogP contribution < -0.4 is 0 Å². The average Bonchev–Trinajstić information content (AvgIpc) is 1.21. The van der Waals surface area contributed by atoms with Crippen LogP contribution in [-0.2, 0) is 0 Å². The molecule has 0 bridgehead atoms. The second-order valence-corrected chi connectivity index (χ2v) is 4.86. The van der Waals surface area contributed by atoms with Gasteiger partial charge in [0.05, 0.1) is 0 Å². The maximum Gasteiger partial charge on any atom is 0.220 e. The number of hydrogen-bond acceptors (Lipinski definition) is 2. The molecule has 0 aliphatic carbocycles. The molecule has 0 N–H and O–H groups in total. The van der Waals surface area contributed by atoms with Crippen molar-refractivity contribution in [2.45, 2.75) is 25.5 Å². The van der Waals surface area contributed by atoms with Crippen LogP contribution in [0.25, 0.3) is 0 Å². The quantitative estimate of drug-likeness (QED) is 0.386. The smallest absolute Gasteiger partial charge is 0.186 e. The van der Waals surface area contributed by atoms with Crippen LogP contribution in [0.5, 0.6) is 0 Å². The second kappa shape index (κ2) is 2.78. The fraction of sp³-hybridized carbons (Fsp3) is 0.800. The third-order valence-electron chi connectivity index (χ3n) is 0.386. The Balaban J connectivity index is 3.55. The first kappa shape index (κ1) is 8.37. The molecule has 0 saturated carbocycles. The summed E-state index contributed by atoms with van der Waals surface area (Å²) in [6.07, 6.45) is 0. The van der Waals surface area contributed by atoms with Gasteiger partial charge >= 0.3 is 0 Å². The van der Waals surface area contributed by atoms with Crippen LogP contribution >= 0.6 is 24.0 Å². The molecule has 0 fully saturated rings. The van der Waals surface area contributed by atoms with Crippen molar-refractivity contribution in [1.82, 2.24) is 0 Å². The summed E-state index contributed by atoms with van der Waals surface area (Å²) >= 11 is 5.32. The Kier molecular flexibility index (Phi) is 2.91. The van der Waals surface area contributed by atoms with Crippen LogP contribution in [0, 0.1) is 0 Å². The largest absolute Gasteiger partial charge is 0.220 e. The van der Waals surface area contributed by atoms with Gasteiger partial charge in [0.25, 0.3) is 0 Å². The molecule has 0 rings (SSSR count). The van der Waals surface area contributed by atoms with Crippen molar-refractivity contribution in [2.75, 3.05) is 0 Å². The minimum atomic E-state index is -0.475. The first-order valence-corrected chi connectivity index (χ1v) is 3.53. The fourth-order valence-electron chi connectivity index (χ4n) is 0.241. The highest BCUT2D eigenvalue weighted by Gasteiger charge is 2.12. The molecule has 48 valence electrons. The maximum absolute atomic E-state index is 11.9. The van der Waals surface area contributed by atoms with Crippen LogP contribution in [0.4, 0.5) is 4.39 Å². The third kappa shape index (κ3) is 6.37. The van der Waals surface area contributed by atoms with E-state index in [1.165, 1.54) is 0 Å². The van der Waals surface area contributed by atoms with Gasteiger partial charge in [0, 0.05) is 4.75 Å². The van der Waals surface area contributed by atoms with Crippen LogP contribution in [0.3, 0.4) is 0 Å². The number of rotatable bonds is 0. The van der Waals surface area contributed by atoms with Gasteiger partial charge in [0.15, 0.2) is 0 Å². The Labute approximate surface area is 58.8 Å². The normalized spacial score (nSPS) is 11.5. The number of hydrogen-bond donors (Lipinski definition) is 0. The van der Waals surface area contributed by atoms with E-state index in [0.717, 1.165) is 11.8 Å². The molecule has 0 aromatic heterocycles. The second-order valence-electron chi connectivity index (χ2n) is 2.45. The van der Waals surface area contributed by atoms with Crippen molar-refractivity contribution in [2.24, 2.45) is 0 Å². The van der Waals surface area contributed by atoms with Crippen LogP contribution in [0.2, 0.25) is 0 Å². The van der Waals surface area contributed by atoms with Gasteiger partial charge in [-0.15, -0.1) is 0 Å². The lowest BCUT2D eigenvalue weighted by atomic mass is 10.3. The maximum atomic E-state index is 11.9. The molecular formula is C5H9FS2. The molecule has 0 unspecified atom stereocenters. The summed E-state index contributed by atoms with van der Waals surface area (Å²) < 4.78 is 11.3. The van der Waals surface area contributed by atoms with Gasteiger partial charge in [-0.05, 0) is 12.2 Å². The molecule has 0 atom stereocenters. The summed E-state index contributed by atoms with van der Waals surface area (Å²) in [5.74, 6) is 0. The molecule has 0 nitrogen and oxygen atoms in total. The van der Waals surface area contributed by atoms with E-state index in [2.05, 4.69) is 12.2 Å². The van der Waals surface area contributed by atoms with Crippen LogP contribution in [-0.4, -0.2) is 9.20 Å². The molecule has 0 amide bonds. The van der Waals surface area contributed by atoms with E-state index in [1.54, 1.807) is 0 Å². The van der Waals surface area contributed by atoms with E-state index in [9.17, 15) is 4.39 Å². The molecule has 8 heavy (non-hydrogen) atoms. The fourth-order valence-corrected chi connectivity index (χ4v) is 1.47. The van der Waals surface area contributed by atoms with Gasteiger partial charge in [0.2, 0.25) is 4.45 Å². The molecule has 0 aromatic rings. The Bertz CT molecular complexity index is 93.1. The predicted molar refractivity (Wildman–Crippen MR) is 41.1 cm³/mol. The number of thiocarbonyl (C=S) groups is 1. The molecule has 0 aliphatic rings. The van der Waals surface area contributed by atoms with E-state index < -0.39 is 4.45 Å².